The number of benzene rings is 2. The second kappa shape index (κ2) is 6.91. The minimum absolute atomic E-state index is 0.0570. The Hall–Kier alpha value is -2.50. The maximum Gasteiger partial charge on any atom is 0.113 e. The minimum atomic E-state index is 0.0570. The fourth-order valence-corrected chi connectivity index (χ4v) is 4.51. The molecule has 3 saturated heterocycles. The van der Waals surface area contributed by atoms with Crippen molar-refractivity contribution in [3.63, 3.8) is 0 Å². The first-order chi connectivity index (χ1) is 13.3. The van der Waals surface area contributed by atoms with E-state index in [0.717, 1.165) is 40.4 Å². The average Bonchev–Trinajstić information content (AvgIpc) is 3.25. The molecule has 2 aromatic carbocycles. The monoisotopic (exact) mass is 360 g/mol. The van der Waals surface area contributed by atoms with Crippen molar-refractivity contribution in [1.29, 1.82) is 0 Å². The molecular formula is C22H24N4O. The first-order valence-electron chi connectivity index (χ1n) is 9.75. The van der Waals surface area contributed by atoms with Gasteiger partial charge in [0.1, 0.15) is 5.69 Å². The van der Waals surface area contributed by atoms with Gasteiger partial charge in [0.25, 0.3) is 0 Å². The molecule has 4 heterocycles. The lowest BCUT2D eigenvalue weighted by Gasteiger charge is -2.44. The lowest BCUT2D eigenvalue weighted by Crippen LogP contribution is -2.48. The molecule has 3 aliphatic rings. The summed E-state index contributed by atoms with van der Waals surface area (Å²) in [4.78, 5) is 2.54. The number of hydrogen-bond acceptors (Lipinski definition) is 4. The highest BCUT2D eigenvalue weighted by molar-refractivity contribution is 5.71. The Labute approximate surface area is 159 Å². The van der Waals surface area contributed by atoms with Gasteiger partial charge >= 0.3 is 0 Å². The van der Waals surface area contributed by atoms with Crippen molar-refractivity contribution >= 4 is 0 Å². The number of fused-ring (bicyclic) bond motifs is 3. The number of piperidine rings is 3. The Balaban J connectivity index is 1.43. The molecule has 0 aliphatic carbocycles. The van der Waals surface area contributed by atoms with E-state index in [1.165, 1.54) is 25.9 Å². The van der Waals surface area contributed by atoms with Gasteiger partial charge in [0.15, 0.2) is 0 Å². The van der Waals surface area contributed by atoms with E-state index in [0.29, 0.717) is 6.04 Å². The minimum Gasteiger partial charge on any atom is -0.392 e. The Kier molecular flexibility index (Phi) is 4.26. The van der Waals surface area contributed by atoms with Crippen molar-refractivity contribution in [2.45, 2.75) is 25.5 Å². The van der Waals surface area contributed by atoms with Gasteiger partial charge < -0.3 is 10.0 Å². The normalized spacial score (nSPS) is 24.3. The summed E-state index contributed by atoms with van der Waals surface area (Å²) in [5, 5.41) is 18.3. The van der Waals surface area contributed by atoms with Crippen molar-refractivity contribution < 1.29 is 5.11 Å². The van der Waals surface area contributed by atoms with Crippen LogP contribution in [0.3, 0.4) is 0 Å². The Morgan fingerprint density at radius 1 is 0.963 bits per heavy atom. The molecule has 3 aliphatic heterocycles. The molecule has 6 rings (SSSR count). The summed E-state index contributed by atoms with van der Waals surface area (Å²) in [6, 6.07) is 16.9. The van der Waals surface area contributed by atoms with Gasteiger partial charge in [-0.25, -0.2) is 4.68 Å². The van der Waals surface area contributed by atoms with Crippen LogP contribution < -0.4 is 0 Å². The molecule has 0 spiro atoms. The number of rotatable bonds is 4. The van der Waals surface area contributed by atoms with E-state index in [-0.39, 0.29) is 6.61 Å². The van der Waals surface area contributed by atoms with Crippen LogP contribution in [-0.4, -0.2) is 44.6 Å². The van der Waals surface area contributed by atoms with E-state index in [2.05, 4.69) is 56.4 Å². The van der Waals surface area contributed by atoms with Gasteiger partial charge in [0.2, 0.25) is 0 Å². The van der Waals surface area contributed by atoms with Crippen LogP contribution in [0.2, 0.25) is 0 Å². The lowest BCUT2D eigenvalue weighted by atomic mass is 9.84. The van der Waals surface area contributed by atoms with Gasteiger partial charge in [-0.05, 0) is 60.7 Å². The van der Waals surface area contributed by atoms with E-state index < -0.39 is 0 Å². The van der Waals surface area contributed by atoms with Crippen LogP contribution in [0.25, 0.3) is 22.4 Å². The molecule has 0 amide bonds. The van der Waals surface area contributed by atoms with Gasteiger partial charge in [0.05, 0.1) is 18.8 Å². The molecule has 5 heteroatoms. The molecule has 138 valence electrons. The highest BCUT2D eigenvalue weighted by Crippen LogP contribution is 2.35. The van der Waals surface area contributed by atoms with Crippen LogP contribution in [0.15, 0.2) is 54.7 Å². The zero-order chi connectivity index (χ0) is 18.2. The number of hydrogen-bond donors (Lipinski definition) is 1. The highest BCUT2D eigenvalue weighted by Gasteiger charge is 2.35. The highest BCUT2D eigenvalue weighted by atomic mass is 16.3. The third kappa shape index (κ3) is 3.17. The summed E-state index contributed by atoms with van der Waals surface area (Å²) in [6.07, 6.45) is 4.66. The summed E-state index contributed by atoms with van der Waals surface area (Å²) in [7, 11) is 0. The Morgan fingerprint density at radius 2 is 1.70 bits per heavy atom. The number of nitrogens with zero attached hydrogens (tertiary/aromatic N) is 4. The van der Waals surface area contributed by atoms with Gasteiger partial charge in [-0.1, -0.05) is 41.6 Å². The van der Waals surface area contributed by atoms with Crippen LogP contribution in [-0.2, 0) is 6.61 Å². The van der Waals surface area contributed by atoms with Gasteiger partial charge in [-0.3, -0.25) is 0 Å². The third-order valence-electron chi connectivity index (χ3n) is 6.07. The standard InChI is InChI=1S/C22H24N4O/c27-15-16-3-1-4-18(11-16)19-5-2-6-20(12-19)21-13-26(24-23-21)22-14-25-9-7-17(22)8-10-25/h1-6,11-13,17,22,27H,7-10,14-15H2. The zero-order valence-electron chi connectivity index (χ0n) is 15.3. The van der Waals surface area contributed by atoms with E-state index in [1.54, 1.807) is 0 Å². The molecule has 27 heavy (non-hydrogen) atoms. The first kappa shape index (κ1) is 16.7. The molecule has 2 bridgehead atoms. The molecule has 3 fully saturated rings. The van der Waals surface area contributed by atoms with E-state index in [4.69, 9.17) is 0 Å². The average molecular weight is 360 g/mol. The van der Waals surface area contributed by atoms with Crippen LogP contribution >= 0.6 is 0 Å². The van der Waals surface area contributed by atoms with Crippen molar-refractivity contribution in [3.8, 4) is 22.4 Å². The number of aliphatic hydroxyl groups is 1. The van der Waals surface area contributed by atoms with Crippen molar-refractivity contribution in [1.82, 2.24) is 19.9 Å². The van der Waals surface area contributed by atoms with Crippen LogP contribution in [0.4, 0.5) is 0 Å². The molecule has 1 aromatic heterocycles. The quantitative estimate of drug-likeness (QED) is 0.775. The third-order valence-corrected chi connectivity index (χ3v) is 6.07. The fourth-order valence-electron chi connectivity index (χ4n) is 4.51. The Bertz CT molecular complexity index is 943. The molecular weight excluding hydrogens is 336 g/mol. The summed E-state index contributed by atoms with van der Waals surface area (Å²) in [5.41, 5.74) is 5.15. The maximum atomic E-state index is 9.39. The maximum absolute atomic E-state index is 9.39. The van der Waals surface area contributed by atoms with Crippen molar-refractivity contribution in [3.05, 3.63) is 60.3 Å². The number of aliphatic hydroxyl groups excluding tert-OH is 1. The van der Waals surface area contributed by atoms with Crippen LogP contribution in [0.5, 0.6) is 0 Å². The van der Waals surface area contributed by atoms with Crippen molar-refractivity contribution in [2.75, 3.05) is 19.6 Å². The largest absolute Gasteiger partial charge is 0.392 e. The van der Waals surface area contributed by atoms with Gasteiger partial charge in [-0.15, -0.1) is 5.10 Å². The SMILES string of the molecule is OCc1cccc(-c2cccc(-c3cn(C4CN5CCC4CC5)nn3)c2)c1. The summed E-state index contributed by atoms with van der Waals surface area (Å²) in [5.74, 6) is 0.733. The van der Waals surface area contributed by atoms with E-state index in [1.807, 2.05) is 18.2 Å². The Morgan fingerprint density at radius 3 is 2.44 bits per heavy atom. The van der Waals surface area contributed by atoms with Gasteiger partial charge in [-0.2, -0.15) is 0 Å². The molecule has 5 nitrogen and oxygen atoms in total. The topological polar surface area (TPSA) is 54.2 Å². The smallest absolute Gasteiger partial charge is 0.113 e. The fraction of sp³-hybridized carbons (Fsp3) is 0.364. The second-order valence-electron chi connectivity index (χ2n) is 7.73. The predicted molar refractivity (Wildman–Crippen MR) is 105 cm³/mol. The first-order valence-corrected chi connectivity index (χ1v) is 9.75. The van der Waals surface area contributed by atoms with Crippen LogP contribution in [0.1, 0.15) is 24.4 Å². The molecule has 1 unspecified atom stereocenters. The number of aromatic nitrogens is 3. The van der Waals surface area contributed by atoms with Crippen molar-refractivity contribution in [2.24, 2.45) is 5.92 Å². The zero-order valence-corrected chi connectivity index (χ0v) is 15.3. The molecule has 1 atom stereocenters. The van der Waals surface area contributed by atoms with E-state index >= 15 is 0 Å². The summed E-state index contributed by atoms with van der Waals surface area (Å²) in [6.45, 7) is 3.62. The van der Waals surface area contributed by atoms with Crippen LogP contribution in [0, 0.1) is 5.92 Å². The lowest BCUT2D eigenvalue weighted by molar-refractivity contribution is 0.0504. The molecule has 3 aromatic rings. The summed E-state index contributed by atoms with van der Waals surface area (Å²) >= 11 is 0. The predicted octanol–water partition coefficient (Wildman–Crippen LogP) is 3.37. The summed E-state index contributed by atoms with van der Waals surface area (Å²) < 4.78 is 2.09. The van der Waals surface area contributed by atoms with Gasteiger partial charge in [0, 0.05) is 12.1 Å². The van der Waals surface area contributed by atoms with E-state index in [9.17, 15) is 5.11 Å². The molecule has 0 radical (unpaired) electrons. The molecule has 1 N–H and O–H groups in total. The molecule has 0 saturated carbocycles. The second-order valence-corrected chi connectivity index (χ2v) is 7.73.